The van der Waals surface area contributed by atoms with Crippen molar-refractivity contribution in [2.45, 2.75) is 74.6 Å². The summed E-state index contributed by atoms with van der Waals surface area (Å²) in [5, 5.41) is 6.56. The zero-order valence-corrected chi connectivity index (χ0v) is 26.3. The SMILES string of the molecule is CC(C)(C)OC(=O)C[C@@H](C=NNC(N)=O)NC(=O)[C@@H]1CC2(CN1C(=O)c1ncc(CCCc3ccccc3)[nH]1)SCCS2. The van der Waals surface area contributed by atoms with Crippen LogP contribution < -0.4 is 16.5 Å². The highest BCUT2D eigenvalue weighted by Crippen LogP contribution is 2.52. The maximum absolute atomic E-state index is 13.7. The molecule has 2 saturated heterocycles. The fraction of sp³-hybridized carbons (Fsp3) is 0.517. The van der Waals surface area contributed by atoms with Crippen LogP contribution in [0.4, 0.5) is 4.79 Å². The molecule has 1 spiro atoms. The highest BCUT2D eigenvalue weighted by Gasteiger charge is 2.52. The van der Waals surface area contributed by atoms with Crippen molar-refractivity contribution in [3.63, 3.8) is 0 Å². The first kappa shape index (κ1) is 32.4. The number of rotatable bonds is 11. The highest BCUT2D eigenvalue weighted by molar-refractivity contribution is 8.21. The number of aromatic amines is 1. The van der Waals surface area contributed by atoms with Gasteiger partial charge in [0, 0.05) is 42.6 Å². The van der Waals surface area contributed by atoms with Crippen LogP contribution in [0.5, 0.6) is 0 Å². The standard InChI is InChI=1S/C29H39N7O5S2/c1-28(2,3)41-23(37)14-21(17-32-35-27(30)40)34-25(38)22-15-29(42-12-13-43-29)18-36(22)26(39)24-31-16-20(33-24)11-7-10-19-8-5-4-6-9-19/h4-6,8-9,16-17,21-22H,7,10-15,18H2,1-3H3,(H,31,33)(H,34,38)(H3,30,35,40)/t21-,22-/m0/s1. The fourth-order valence-corrected chi connectivity index (χ4v) is 8.28. The average Bonchev–Trinajstić information content (AvgIpc) is 3.68. The molecule has 1 aromatic heterocycles. The third kappa shape index (κ3) is 9.48. The quantitative estimate of drug-likeness (QED) is 0.167. The van der Waals surface area contributed by atoms with Crippen molar-refractivity contribution < 1.29 is 23.9 Å². The molecule has 4 amide bonds. The molecule has 0 saturated carbocycles. The summed E-state index contributed by atoms with van der Waals surface area (Å²) >= 11 is 3.51. The summed E-state index contributed by atoms with van der Waals surface area (Å²) < 4.78 is 5.10. The van der Waals surface area contributed by atoms with Crippen molar-refractivity contribution >= 4 is 53.6 Å². The Labute approximate surface area is 259 Å². The van der Waals surface area contributed by atoms with Gasteiger partial charge in [0.2, 0.25) is 5.91 Å². The number of ether oxygens (including phenoxy) is 1. The van der Waals surface area contributed by atoms with Gasteiger partial charge in [0.05, 0.1) is 16.5 Å². The Bertz CT molecular complexity index is 1320. The molecule has 0 aliphatic carbocycles. The second-order valence-corrected chi connectivity index (χ2v) is 14.7. The number of likely N-dealkylation sites (tertiary alicyclic amines) is 1. The van der Waals surface area contributed by atoms with Crippen LogP contribution in [0, 0.1) is 0 Å². The van der Waals surface area contributed by atoms with Crippen molar-refractivity contribution in [1.82, 2.24) is 25.6 Å². The number of imidazole rings is 1. The first-order chi connectivity index (χ1) is 20.4. The summed E-state index contributed by atoms with van der Waals surface area (Å²) in [7, 11) is 0. The zero-order chi connectivity index (χ0) is 31.0. The molecule has 0 bridgehead atoms. The molecule has 2 fully saturated rings. The number of hydrogen-bond donors (Lipinski definition) is 4. The number of benzene rings is 1. The molecule has 43 heavy (non-hydrogen) atoms. The molecular weight excluding hydrogens is 590 g/mol. The van der Waals surface area contributed by atoms with E-state index in [9.17, 15) is 19.2 Å². The number of hydrogen-bond acceptors (Lipinski definition) is 9. The summed E-state index contributed by atoms with van der Waals surface area (Å²) in [6, 6.07) is 7.61. The summed E-state index contributed by atoms with van der Waals surface area (Å²) in [4.78, 5) is 60.2. The number of urea groups is 1. The topological polar surface area (TPSA) is 172 Å². The monoisotopic (exact) mass is 629 g/mol. The number of carbonyl (C=O) groups excluding carboxylic acids is 4. The molecule has 3 heterocycles. The second kappa shape index (κ2) is 14.3. The zero-order valence-electron chi connectivity index (χ0n) is 24.6. The van der Waals surface area contributed by atoms with E-state index in [1.165, 1.54) is 11.8 Å². The van der Waals surface area contributed by atoms with E-state index in [0.29, 0.717) is 13.0 Å². The van der Waals surface area contributed by atoms with Gasteiger partial charge >= 0.3 is 12.0 Å². The fourth-order valence-electron chi connectivity index (χ4n) is 5.02. The van der Waals surface area contributed by atoms with Gasteiger partial charge in [0.25, 0.3) is 5.91 Å². The number of aryl methyl sites for hydroxylation is 2. The number of primary amides is 1. The minimum absolute atomic E-state index is 0.190. The first-order valence-corrected chi connectivity index (χ1v) is 16.2. The van der Waals surface area contributed by atoms with Crippen LogP contribution in [0.25, 0.3) is 0 Å². The van der Waals surface area contributed by atoms with Crippen molar-refractivity contribution in [2.75, 3.05) is 18.1 Å². The van der Waals surface area contributed by atoms with Gasteiger partial charge in [-0.2, -0.15) is 5.10 Å². The number of esters is 1. The maximum atomic E-state index is 13.7. The van der Waals surface area contributed by atoms with E-state index >= 15 is 0 Å². The van der Waals surface area contributed by atoms with E-state index in [4.69, 9.17) is 10.5 Å². The lowest BCUT2D eigenvalue weighted by Gasteiger charge is -2.25. The molecule has 0 radical (unpaired) electrons. The van der Waals surface area contributed by atoms with Crippen LogP contribution in [0.3, 0.4) is 0 Å². The number of hydrazone groups is 1. The van der Waals surface area contributed by atoms with Crippen LogP contribution in [-0.4, -0.2) is 84.7 Å². The van der Waals surface area contributed by atoms with E-state index < -0.39 is 35.6 Å². The number of amides is 4. The van der Waals surface area contributed by atoms with Crippen LogP contribution in [0.2, 0.25) is 0 Å². The molecular formula is C29H39N7O5S2. The Balaban J connectivity index is 1.46. The van der Waals surface area contributed by atoms with E-state index in [-0.39, 0.29) is 22.2 Å². The number of H-pyrrole nitrogens is 1. The summed E-state index contributed by atoms with van der Waals surface area (Å²) in [6.45, 7) is 5.60. The minimum atomic E-state index is -0.911. The van der Waals surface area contributed by atoms with Crippen LogP contribution >= 0.6 is 23.5 Å². The van der Waals surface area contributed by atoms with Crippen LogP contribution in [0.15, 0.2) is 41.6 Å². The molecule has 2 aliphatic heterocycles. The van der Waals surface area contributed by atoms with Crippen molar-refractivity contribution in [3.05, 3.63) is 53.6 Å². The van der Waals surface area contributed by atoms with Gasteiger partial charge in [-0.1, -0.05) is 30.3 Å². The Morgan fingerprint density at radius 1 is 1.21 bits per heavy atom. The number of carbonyl (C=O) groups is 4. The summed E-state index contributed by atoms with van der Waals surface area (Å²) in [5.74, 6) is 0.700. The van der Waals surface area contributed by atoms with Gasteiger partial charge < -0.3 is 25.7 Å². The molecule has 14 heteroatoms. The second-order valence-electron chi connectivity index (χ2n) is 11.5. The van der Waals surface area contributed by atoms with Gasteiger partial charge in [-0.15, -0.1) is 23.5 Å². The predicted octanol–water partition coefficient (Wildman–Crippen LogP) is 2.85. The lowest BCUT2D eigenvalue weighted by molar-refractivity contribution is -0.155. The molecule has 5 N–H and O–H groups in total. The van der Waals surface area contributed by atoms with E-state index in [2.05, 4.69) is 37.9 Å². The van der Waals surface area contributed by atoms with E-state index in [1.54, 1.807) is 55.4 Å². The number of thioether (sulfide) groups is 2. The summed E-state index contributed by atoms with van der Waals surface area (Å²) in [6.07, 6.45) is 5.66. The number of nitrogens with two attached hydrogens (primary N) is 1. The first-order valence-electron chi connectivity index (χ1n) is 14.2. The van der Waals surface area contributed by atoms with Crippen molar-refractivity contribution in [1.29, 1.82) is 0 Å². The van der Waals surface area contributed by atoms with Gasteiger partial charge in [0.1, 0.15) is 11.6 Å². The Morgan fingerprint density at radius 2 is 1.93 bits per heavy atom. The minimum Gasteiger partial charge on any atom is -0.460 e. The summed E-state index contributed by atoms with van der Waals surface area (Å²) in [5.41, 5.74) is 8.55. The van der Waals surface area contributed by atoms with Crippen molar-refractivity contribution in [2.24, 2.45) is 10.8 Å². The van der Waals surface area contributed by atoms with E-state index in [1.807, 2.05) is 18.2 Å². The Morgan fingerprint density at radius 3 is 2.60 bits per heavy atom. The molecule has 2 aromatic rings. The lowest BCUT2D eigenvalue weighted by Crippen LogP contribution is -2.50. The lowest BCUT2D eigenvalue weighted by atomic mass is 10.1. The molecule has 0 unspecified atom stereocenters. The molecule has 4 rings (SSSR count). The number of nitrogens with one attached hydrogen (secondary N) is 3. The van der Waals surface area contributed by atoms with Crippen molar-refractivity contribution in [3.8, 4) is 0 Å². The molecule has 2 aliphatic rings. The predicted molar refractivity (Wildman–Crippen MR) is 168 cm³/mol. The third-order valence-corrected chi connectivity index (χ3v) is 10.2. The molecule has 232 valence electrons. The van der Waals surface area contributed by atoms with Gasteiger partial charge in [-0.3, -0.25) is 14.4 Å². The third-order valence-electron chi connectivity index (χ3n) is 6.82. The van der Waals surface area contributed by atoms with E-state index in [0.717, 1.165) is 36.5 Å². The van der Waals surface area contributed by atoms with Gasteiger partial charge in [-0.25, -0.2) is 15.2 Å². The molecule has 2 atom stereocenters. The van der Waals surface area contributed by atoms with Crippen LogP contribution in [0.1, 0.15) is 61.9 Å². The average molecular weight is 630 g/mol. The number of aromatic nitrogens is 2. The normalized spacial score (nSPS) is 18.6. The molecule has 12 nitrogen and oxygen atoms in total. The largest absolute Gasteiger partial charge is 0.460 e. The van der Waals surface area contributed by atoms with Crippen LogP contribution in [-0.2, 0) is 27.2 Å². The highest BCUT2D eigenvalue weighted by atomic mass is 32.2. The smallest absolute Gasteiger partial charge is 0.332 e. The maximum Gasteiger partial charge on any atom is 0.332 e. The number of nitrogens with zero attached hydrogens (tertiary/aromatic N) is 3. The van der Waals surface area contributed by atoms with Gasteiger partial charge in [0.15, 0.2) is 5.82 Å². The Hall–Kier alpha value is -3.52. The molecule has 1 aromatic carbocycles. The van der Waals surface area contributed by atoms with Gasteiger partial charge in [-0.05, 0) is 45.6 Å². The Kier molecular flexibility index (Phi) is 10.8.